The van der Waals surface area contributed by atoms with Crippen LogP contribution < -0.4 is 15.0 Å². The fraction of sp³-hybridized carbons (Fsp3) is 0.424. The number of phenols is 1. The molecule has 4 fully saturated rings. The number of anilines is 1. The van der Waals surface area contributed by atoms with Gasteiger partial charge in [-0.1, -0.05) is 12.0 Å². The molecule has 42 heavy (non-hydrogen) atoms. The van der Waals surface area contributed by atoms with Gasteiger partial charge in [0, 0.05) is 42.3 Å². The van der Waals surface area contributed by atoms with Gasteiger partial charge in [0.25, 0.3) is 0 Å². The maximum absolute atomic E-state index is 14.8. The molecule has 2 unspecified atom stereocenters. The van der Waals surface area contributed by atoms with Crippen LogP contribution >= 0.6 is 0 Å². The predicted octanol–water partition coefficient (Wildman–Crippen LogP) is 4.62. The van der Waals surface area contributed by atoms with Crippen molar-refractivity contribution in [2.75, 3.05) is 37.7 Å². The summed E-state index contributed by atoms with van der Waals surface area (Å²) in [6.45, 7) is 4.53. The standard InChI is InChI=1S/C33H33FN6O2/c1-2-25-27(34)8-5-20-13-24(41)15-26(29(20)25)21-14-28-30(35-16-21)31(39-17-22-6-7-23(18-39)36-22)38-32(37-28)42-19-33-9-3-11-40(33)12-4-10-33/h1,5,8,13-16,22-23,36,41H,3-4,6-7,9-12,17-19H2. The topological polar surface area (TPSA) is 86.6 Å². The lowest BCUT2D eigenvalue weighted by atomic mass is 9.94. The summed E-state index contributed by atoms with van der Waals surface area (Å²) < 4.78 is 21.2. The third kappa shape index (κ3) is 4.16. The highest BCUT2D eigenvalue weighted by molar-refractivity contribution is 6.03. The van der Waals surface area contributed by atoms with Crippen molar-refractivity contribution in [1.82, 2.24) is 25.2 Å². The maximum atomic E-state index is 14.8. The molecule has 9 heteroatoms. The van der Waals surface area contributed by atoms with Crippen LogP contribution in [0.1, 0.15) is 44.1 Å². The fourth-order valence-corrected chi connectivity index (χ4v) is 7.84. The molecule has 8 rings (SSSR count). The Morgan fingerprint density at radius 1 is 1.10 bits per heavy atom. The number of nitrogens with zero attached hydrogens (tertiary/aromatic N) is 5. The van der Waals surface area contributed by atoms with Crippen molar-refractivity contribution in [2.24, 2.45) is 0 Å². The third-order valence-electron chi connectivity index (χ3n) is 9.80. The van der Waals surface area contributed by atoms with Crippen molar-refractivity contribution >= 4 is 27.6 Å². The summed E-state index contributed by atoms with van der Waals surface area (Å²) in [6, 6.07) is 9.29. The average Bonchev–Trinajstić information content (AvgIpc) is 3.68. The first-order valence-corrected chi connectivity index (χ1v) is 15.0. The molecule has 2 aromatic carbocycles. The number of nitrogens with one attached hydrogen (secondary N) is 1. The zero-order chi connectivity index (χ0) is 28.4. The number of pyridine rings is 1. The normalized spacial score (nSPS) is 23.0. The van der Waals surface area contributed by atoms with E-state index in [0.29, 0.717) is 57.6 Å². The number of benzene rings is 2. The number of fused-ring (bicyclic) bond motifs is 5. The van der Waals surface area contributed by atoms with Crippen LogP contribution in [0.5, 0.6) is 11.8 Å². The van der Waals surface area contributed by atoms with Gasteiger partial charge in [-0.05, 0) is 86.8 Å². The van der Waals surface area contributed by atoms with Gasteiger partial charge in [-0.25, -0.2) is 4.39 Å². The molecule has 4 aromatic rings. The van der Waals surface area contributed by atoms with Crippen LogP contribution in [-0.4, -0.2) is 75.4 Å². The molecule has 4 aliphatic rings. The van der Waals surface area contributed by atoms with Crippen LogP contribution in [0.4, 0.5) is 10.2 Å². The molecule has 8 nitrogen and oxygen atoms in total. The zero-order valence-corrected chi connectivity index (χ0v) is 23.4. The second kappa shape index (κ2) is 9.79. The van der Waals surface area contributed by atoms with Crippen molar-refractivity contribution in [2.45, 2.75) is 56.1 Å². The molecule has 4 aliphatic heterocycles. The minimum Gasteiger partial charge on any atom is -0.508 e. The molecule has 0 spiro atoms. The number of phenolic OH excluding ortho intramolecular Hbond substituents is 1. The lowest BCUT2D eigenvalue weighted by molar-refractivity contribution is 0.108. The molecule has 2 aromatic heterocycles. The summed E-state index contributed by atoms with van der Waals surface area (Å²) >= 11 is 0. The Hall–Kier alpha value is -4.00. The van der Waals surface area contributed by atoms with E-state index in [1.54, 1.807) is 24.4 Å². The highest BCUT2D eigenvalue weighted by atomic mass is 19.1. The first-order chi connectivity index (χ1) is 20.5. The van der Waals surface area contributed by atoms with E-state index in [2.05, 4.69) is 21.0 Å². The van der Waals surface area contributed by atoms with Crippen LogP contribution in [0.2, 0.25) is 0 Å². The number of aromatic hydroxyl groups is 1. The molecular weight excluding hydrogens is 531 g/mol. The molecule has 0 saturated carbocycles. The molecule has 6 heterocycles. The predicted molar refractivity (Wildman–Crippen MR) is 160 cm³/mol. The SMILES string of the molecule is C#Cc1c(F)ccc2cc(O)cc(-c3cnc4c(N5CC6CCC(C5)N6)nc(OCC56CCCN5CCC6)nc4c3)c12. The number of rotatable bonds is 5. The van der Waals surface area contributed by atoms with E-state index in [9.17, 15) is 9.50 Å². The molecule has 4 saturated heterocycles. The van der Waals surface area contributed by atoms with E-state index >= 15 is 0 Å². The monoisotopic (exact) mass is 564 g/mol. The highest BCUT2D eigenvalue weighted by Crippen LogP contribution is 2.40. The molecule has 0 amide bonds. The van der Waals surface area contributed by atoms with Crippen molar-refractivity contribution in [3.05, 3.63) is 47.9 Å². The summed E-state index contributed by atoms with van der Waals surface area (Å²) in [5.41, 5.74) is 2.84. The Bertz CT molecular complexity index is 1750. The van der Waals surface area contributed by atoms with Crippen molar-refractivity contribution in [3.63, 3.8) is 0 Å². The number of hydrogen-bond acceptors (Lipinski definition) is 8. The van der Waals surface area contributed by atoms with Crippen LogP contribution in [-0.2, 0) is 0 Å². The number of piperazine rings is 1. The molecule has 214 valence electrons. The lowest BCUT2D eigenvalue weighted by Crippen LogP contribution is -2.51. The molecule has 0 aliphatic carbocycles. The Morgan fingerprint density at radius 2 is 1.88 bits per heavy atom. The van der Waals surface area contributed by atoms with Gasteiger partial charge in [-0.15, -0.1) is 6.42 Å². The van der Waals surface area contributed by atoms with Crippen molar-refractivity contribution < 1.29 is 14.2 Å². The van der Waals surface area contributed by atoms with Crippen LogP contribution in [0, 0.1) is 18.2 Å². The highest BCUT2D eigenvalue weighted by Gasteiger charge is 2.45. The first-order valence-electron chi connectivity index (χ1n) is 15.0. The van der Waals surface area contributed by atoms with Crippen LogP contribution in [0.15, 0.2) is 36.5 Å². The van der Waals surface area contributed by atoms with E-state index in [1.165, 1.54) is 18.9 Å². The smallest absolute Gasteiger partial charge is 0.319 e. The van der Waals surface area contributed by atoms with Crippen molar-refractivity contribution in [3.8, 4) is 35.2 Å². The quantitative estimate of drug-likeness (QED) is 0.340. The first kappa shape index (κ1) is 25.7. The lowest BCUT2D eigenvalue weighted by Gasteiger charge is -2.34. The second-order valence-corrected chi connectivity index (χ2v) is 12.3. The van der Waals surface area contributed by atoms with Gasteiger partial charge < -0.3 is 20.1 Å². The minimum atomic E-state index is -0.480. The van der Waals surface area contributed by atoms with Gasteiger partial charge >= 0.3 is 6.01 Å². The summed E-state index contributed by atoms with van der Waals surface area (Å²) in [7, 11) is 0. The van der Waals surface area contributed by atoms with Gasteiger partial charge in [0.2, 0.25) is 0 Å². The van der Waals surface area contributed by atoms with Gasteiger partial charge in [0.05, 0.1) is 16.6 Å². The number of ether oxygens (including phenoxy) is 1. The van der Waals surface area contributed by atoms with E-state index < -0.39 is 5.82 Å². The van der Waals surface area contributed by atoms with E-state index in [4.69, 9.17) is 26.1 Å². The van der Waals surface area contributed by atoms with Crippen LogP contribution in [0.25, 0.3) is 32.9 Å². The molecule has 0 radical (unpaired) electrons. The number of halogens is 1. The third-order valence-corrected chi connectivity index (χ3v) is 9.80. The van der Waals surface area contributed by atoms with E-state index in [1.807, 2.05) is 6.07 Å². The fourth-order valence-electron chi connectivity index (χ4n) is 7.84. The Labute approximate surface area is 243 Å². The second-order valence-electron chi connectivity index (χ2n) is 12.3. The number of aromatic nitrogens is 3. The summed E-state index contributed by atoms with van der Waals surface area (Å²) in [5.74, 6) is 2.87. The minimum absolute atomic E-state index is 0.0628. The van der Waals surface area contributed by atoms with E-state index in [-0.39, 0.29) is 16.9 Å². The van der Waals surface area contributed by atoms with E-state index in [0.717, 1.165) is 57.7 Å². The molecule has 2 bridgehead atoms. The Kier molecular flexibility index (Phi) is 5.99. The average molecular weight is 565 g/mol. The summed E-state index contributed by atoms with van der Waals surface area (Å²) in [4.78, 5) is 19.6. The molecule has 2 N–H and O–H groups in total. The van der Waals surface area contributed by atoms with Crippen LogP contribution in [0.3, 0.4) is 0 Å². The number of hydrogen-bond donors (Lipinski definition) is 2. The Balaban J connectivity index is 1.25. The van der Waals surface area contributed by atoms with Gasteiger partial charge in [-0.3, -0.25) is 9.88 Å². The maximum Gasteiger partial charge on any atom is 0.319 e. The Morgan fingerprint density at radius 3 is 2.64 bits per heavy atom. The number of terminal acetylenes is 1. The van der Waals surface area contributed by atoms with Crippen molar-refractivity contribution in [1.29, 1.82) is 0 Å². The largest absolute Gasteiger partial charge is 0.508 e. The zero-order valence-electron chi connectivity index (χ0n) is 23.4. The molecular formula is C33H33FN6O2. The van der Waals surface area contributed by atoms with Gasteiger partial charge in [0.1, 0.15) is 23.7 Å². The molecule has 2 atom stereocenters. The van der Waals surface area contributed by atoms with Gasteiger partial charge in [0.15, 0.2) is 5.82 Å². The van der Waals surface area contributed by atoms with Gasteiger partial charge in [-0.2, -0.15) is 9.97 Å². The summed E-state index contributed by atoms with van der Waals surface area (Å²) in [6.07, 6.45) is 14.5. The summed E-state index contributed by atoms with van der Waals surface area (Å²) in [5, 5.41) is 15.5.